The second-order valence-electron chi connectivity index (χ2n) is 6.72. The summed E-state index contributed by atoms with van der Waals surface area (Å²) < 4.78 is 26.4. The molecule has 4 nitrogen and oxygen atoms in total. The number of hydrogen-bond donors (Lipinski definition) is 2. The molecule has 0 spiro atoms. The van der Waals surface area contributed by atoms with Crippen LogP contribution in [0.1, 0.15) is 29.1 Å². The van der Waals surface area contributed by atoms with Gasteiger partial charge in [-0.05, 0) is 50.5 Å². The molecule has 140 valence electrons. The standard InChI is InChI=1S/C19H23F2N3OS/c1-12-3-6-18(26-12)13(2)23-19(25)22-10-14-7-8-24(11-14)15-4-5-16(20)17(21)9-15/h3-6,9,13-14H,7-8,10-11H2,1-2H3,(H2,22,23,25). The zero-order chi connectivity index (χ0) is 18.7. The van der Waals surface area contributed by atoms with Crippen LogP contribution in [0.15, 0.2) is 30.3 Å². The molecule has 1 fully saturated rings. The second-order valence-corrected chi connectivity index (χ2v) is 8.04. The van der Waals surface area contributed by atoms with Crippen LogP contribution in [0.3, 0.4) is 0 Å². The number of thiophene rings is 1. The van der Waals surface area contributed by atoms with Gasteiger partial charge in [-0.25, -0.2) is 13.6 Å². The third kappa shape index (κ3) is 4.52. The molecule has 2 aromatic rings. The fraction of sp³-hybridized carbons (Fsp3) is 0.421. The summed E-state index contributed by atoms with van der Waals surface area (Å²) in [4.78, 5) is 16.5. The Hall–Kier alpha value is -2.15. The average molecular weight is 379 g/mol. The van der Waals surface area contributed by atoms with E-state index >= 15 is 0 Å². The summed E-state index contributed by atoms with van der Waals surface area (Å²) in [6, 6.07) is 7.82. The molecule has 2 heterocycles. The van der Waals surface area contributed by atoms with E-state index in [0.29, 0.717) is 18.8 Å². The quantitative estimate of drug-likeness (QED) is 0.817. The van der Waals surface area contributed by atoms with E-state index in [-0.39, 0.29) is 18.0 Å². The van der Waals surface area contributed by atoms with Gasteiger partial charge in [0, 0.05) is 41.1 Å². The smallest absolute Gasteiger partial charge is 0.315 e. The molecular weight excluding hydrogens is 356 g/mol. The van der Waals surface area contributed by atoms with Crippen LogP contribution in [0.2, 0.25) is 0 Å². The number of carbonyl (C=O) groups is 1. The minimum atomic E-state index is -0.835. The first-order chi connectivity index (χ1) is 12.4. The molecule has 2 unspecified atom stereocenters. The molecule has 3 rings (SSSR count). The highest BCUT2D eigenvalue weighted by Crippen LogP contribution is 2.25. The number of rotatable bonds is 5. The zero-order valence-electron chi connectivity index (χ0n) is 14.9. The van der Waals surface area contributed by atoms with Gasteiger partial charge in [0.1, 0.15) is 0 Å². The highest BCUT2D eigenvalue weighted by atomic mass is 32.1. The predicted molar refractivity (Wildman–Crippen MR) is 101 cm³/mol. The number of aryl methyl sites for hydroxylation is 1. The Morgan fingerprint density at radius 3 is 2.81 bits per heavy atom. The van der Waals surface area contributed by atoms with E-state index in [0.717, 1.165) is 23.9 Å². The summed E-state index contributed by atoms with van der Waals surface area (Å²) in [5.41, 5.74) is 0.678. The van der Waals surface area contributed by atoms with Crippen molar-refractivity contribution in [2.45, 2.75) is 26.3 Å². The number of anilines is 1. The number of urea groups is 1. The molecule has 0 bridgehead atoms. The van der Waals surface area contributed by atoms with E-state index in [1.54, 1.807) is 17.4 Å². The van der Waals surface area contributed by atoms with Crippen molar-refractivity contribution >= 4 is 23.1 Å². The summed E-state index contributed by atoms with van der Waals surface area (Å²) in [5, 5.41) is 5.86. The highest BCUT2D eigenvalue weighted by molar-refractivity contribution is 7.12. The molecule has 2 amide bonds. The summed E-state index contributed by atoms with van der Waals surface area (Å²) in [6.45, 7) is 6.04. The van der Waals surface area contributed by atoms with Crippen molar-refractivity contribution in [1.29, 1.82) is 0 Å². The van der Waals surface area contributed by atoms with E-state index in [9.17, 15) is 13.6 Å². The van der Waals surface area contributed by atoms with E-state index < -0.39 is 11.6 Å². The van der Waals surface area contributed by atoms with Crippen molar-refractivity contribution in [3.05, 3.63) is 51.7 Å². The molecule has 1 saturated heterocycles. The third-order valence-electron chi connectivity index (χ3n) is 4.64. The van der Waals surface area contributed by atoms with E-state index in [4.69, 9.17) is 0 Å². The van der Waals surface area contributed by atoms with Gasteiger partial charge in [0.15, 0.2) is 11.6 Å². The lowest BCUT2D eigenvalue weighted by atomic mass is 10.1. The van der Waals surface area contributed by atoms with Gasteiger partial charge in [-0.15, -0.1) is 11.3 Å². The van der Waals surface area contributed by atoms with Crippen LogP contribution in [-0.4, -0.2) is 25.7 Å². The molecule has 0 aliphatic carbocycles. The van der Waals surface area contributed by atoms with Gasteiger partial charge in [-0.1, -0.05) is 0 Å². The first-order valence-corrected chi connectivity index (χ1v) is 9.54. The van der Waals surface area contributed by atoms with Gasteiger partial charge in [0.25, 0.3) is 0 Å². The molecule has 1 aliphatic heterocycles. The topological polar surface area (TPSA) is 44.4 Å². The Labute approximate surface area is 156 Å². The Morgan fingerprint density at radius 2 is 2.12 bits per heavy atom. The molecule has 0 saturated carbocycles. The number of hydrogen-bond acceptors (Lipinski definition) is 3. The Morgan fingerprint density at radius 1 is 1.31 bits per heavy atom. The lowest BCUT2D eigenvalue weighted by Crippen LogP contribution is -2.39. The first-order valence-electron chi connectivity index (χ1n) is 8.73. The van der Waals surface area contributed by atoms with Gasteiger partial charge in [-0.3, -0.25) is 0 Å². The maximum Gasteiger partial charge on any atom is 0.315 e. The van der Waals surface area contributed by atoms with Crippen molar-refractivity contribution in [2.75, 3.05) is 24.5 Å². The monoisotopic (exact) mass is 379 g/mol. The number of nitrogens with zero attached hydrogens (tertiary/aromatic N) is 1. The van der Waals surface area contributed by atoms with E-state index in [1.807, 2.05) is 30.9 Å². The minimum Gasteiger partial charge on any atom is -0.371 e. The molecule has 0 radical (unpaired) electrons. The Kier molecular flexibility index (Phi) is 5.76. The van der Waals surface area contributed by atoms with Crippen molar-refractivity contribution in [1.82, 2.24) is 10.6 Å². The number of halogens is 2. The van der Waals surface area contributed by atoms with Gasteiger partial charge in [0.2, 0.25) is 0 Å². The molecular formula is C19H23F2N3OS. The molecule has 2 atom stereocenters. The summed E-state index contributed by atoms with van der Waals surface area (Å²) in [5.74, 6) is -1.38. The highest BCUT2D eigenvalue weighted by Gasteiger charge is 2.24. The Bertz CT molecular complexity index is 780. The molecule has 1 aromatic heterocycles. The normalized spacial score (nSPS) is 18.0. The number of benzene rings is 1. The van der Waals surface area contributed by atoms with E-state index in [1.165, 1.54) is 10.9 Å². The summed E-state index contributed by atoms with van der Waals surface area (Å²) >= 11 is 1.67. The molecule has 1 aromatic carbocycles. The Balaban J connectivity index is 1.45. The van der Waals surface area contributed by atoms with Crippen LogP contribution < -0.4 is 15.5 Å². The maximum atomic E-state index is 13.4. The third-order valence-corrected chi connectivity index (χ3v) is 5.82. The van der Waals surface area contributed by atoms with Crippen molar-refractivity contribution in [3.63, 3.8) is 0 Å². The van der Waals surface area contributed by atoms with Crippen LogP contribution in [0, 0.1) is 24.5 Å². The minimum absolute atomic E-state index is 0.0315. The van der Waals surface area contributed by atoms with Gasteiger partial charge in [0.05, 0.1) is 6.04 Å². The van der Waals surface area contributed by atoms with Crippen LogP contribution in [0.4, 0.5) is 19.3 Å². The lowest BCUT2D eigenvalue weighted by Gasteiger charge is -2.19. The van der Waals surface area contributed by atoms with Crippen molar-refractivity contribution in [3.8, 4) is 0 Å². The van der Waals surface area contributed by atoms with Gasteiger partial charge >= 0.3 is 6.03 Å². The van der Waals surface area contributed by atoms with Crippen molar-refractivity contribution < 1.29 is 13.6 Å². The summed E-state index contributed by atoms with van der Waals surface area (Å²) in [6.07, 6.45) is 0.902. The molecule has 1 aliphatic rings. The lowest BCUT2D eigenvalue weighted by molar-refractivity contribution is 0.236. The van der Waals surface area contributed by atoms with Crippen LogP contribution in [0.5, 0.6) is 0 Å². The fourth-order valence-corrected chi connectivity index (χ4v) is 4.04. The first kappa shape index (κ1) is 18.6. The van der Waals surface area contributed by atoms with E-state index in [2.05, 4.69) is 10.6 Å². The SMILES string of the molecule is Cc1ccc(C(C)NC(=O)NCC2CCN(c3ccc(F)c(F)c3)C2)s1. The van der Waals surface area contributed by atoms with Gasteiger partial charge in [-0.2, -0.15) is 0 Å². The van der Waals surface area contributed by atoms with Crippen LogP contribution >= 0.6 is 11.3 Å². The van der Waals surface area contributed by atoms with Crippen molar-refractivity contribution in [2.24, 2.45) is 5.92 Å². The number of carbonyl (C=O) groups excluding carboxylic acids is 1. The van der Waals surface area contributed by atoms with Crippen LogP contribution in [-0.2, 0) is 0 Å². The molecule has 7 heteroatoms. The average Bonchev–Trinajstić information content (AvgIpc) is 3.24. The largest absolute Gasteiger partial charge is 0.371 e. The number of nitrogens with one attached hydrogen (secondary N) is 2. The maximum absolute atomic E-state index is 13.4. The molecule has 26 heavy (non-hydrogen) atoms. The van der Waals surface area contributed by atoms with Crippen LogP contribution in [0.25, 0.3) is 0 Å². The number of amides is 2. The fourth-order valence-electron chi connectivity index (χ4n) is 3.16. The second kappa shape index (κ2) is 8.03. The predicted octanol–water partition coefficient (Wildman–Crippen LogP) is 4.22. The zero-order valence-corrected chi connectivity index (χ0v) is 15.7. The molecule has 2 N–H and O–H groups in total. The van der Waals surface area contributed by atoms with Gasteiger partial charge < -0.3 is 15.5 Å². The summed E-state index contributed by atoms with van der Waals surface area (Å²) in [7, 11) is 0.